The SMILES string of the molecule is CN1CCN(C2CN(N)C2)CC1. The zero-order valence-corrected chi connectivity index (χ0v) is 7.74. The average Bonchev–Trinajstić information content (AvgIpc) is 2.01. The lowest BCUT2D eigenvalue weighted by atomic mass is 10.1. The summed E-state index contributed by atoms with van der Waals surface area (Å²) >= 11 is 0. The predicted molar refractivity (Wildman–Crippen MR) is 48.6 cm³/mol. The molecule has 0 atom stereocenters. The molecule has 0 saturated carbocycles. The van der Waals surface area contributed by atoms with Crippen molar-refractivity contribution in [1.29, 1.82) is 0 Å². The quantitative estimate of drug-likeness (QED) is 0.501. The Balaban J connectivity index is 1.75. The average molecular weight is 170 g/mol. The second kappa shape index (κ2) is 3.30. The minimum atomic E-state index is 0.740. The van der Waals surface area contributed by atoms with Crippen LogP contribution < -0.4 is 5.84 Å². The number of nitrogens with two attached hydrogens (primary N) is 1. The van der Waals surface area contributed by atoms with Gasteiger partial charge in [-0.3, -0.25) is 10.7 Å². The molecule has 2 rings (SSSR count). The lowest BCUT2D eigenvalue weighted by molar-refractivity contribution is 0.00935. The van der Waals surface area contributed by atoms with E-state index in [9.17, 15) is 0 Å². The zero-order chi connectivity index (χ0) is 8.55. The Bertz CT molecular complexity index is 147. The van der Waals surface area contributed by atoms with E-state index < -0.39 is 0 Å². The van der Waals surface area contributed by atoms with Gasteiger partial charge in [-0.15, -0.1) is 0 Å². The maximum absolute atomic E-state index is 5.60. The van der Waals surface area contributed by atoms with Crippen LogP contribution in [0.1, 0.15) is 0 Å². The smallest absolute Gasteiger partial charge is 0.0379 e. The summed E-state index contributed by atoms with van der Waals surface area (Å²) in [6.45, 7) is 6.97. The minimum absolute atomic E-state index is 0.740. The van der Waals surface area contributed by atoms with Gasteiger partial charge in [0.1, 0.15) is 0 Å². The number of hydrazine groups is 1. The number of hydrogen-bond acceptors (Lipinski definition) is 4. The normalized spacial score (nSPS) is 30.5. The van der Waals surface area contributed by atoms with Gasteiger partial charge < -0.3 is 4.90 Å². The molecule has 2 aliphatic rings. The third-order valence-electron chi connectivity index (χ3n) is 2.94. The van der Waals surface area contributed by atoms with E-state index in [1.54, 1.807) is 0 Å². The Hall–Kier alpha value is -0.160. The van der Waals surface area contributed by atoms with Crippen molar-refractivity contribution in [1.82, 2.24) is 14.8 Å². The molecule has 0 aliphatic carbocycles. The fourth-order valence-corrected chi connectivity index (χ4v) is 1.91. The highest BCUT2D eigenvalue weighted by Gasteiger charge is 2.30. The van der Waals surface area contributed by atoms with E-state index in [4.69, 9.17) is 5.84 Å². The standard InChI is InChI=1S/C8H18N4/c1-10-2-4-11(5-3-10)8-6-12(9)7-8/h8H,2-7,9H2,1H3. The molecule has 0 spiro atoms. The summed E-state index contributed by atoms with van der Waals surface area (Å²) in [5, 5.41) is 1.89. The largest absolute Gasteiger partial charge is 0.304 e. The maximum atomic E-state index is 5.60. The lowest BCUT2D eigenvalue weighted by Crippen LogP contribution is -2.64. The third-order valence-corrected chi connectivity index (χ3v) is 2.94. The van der Waals surface area contributed by atoms with Crippen LogP contribution in [0, 0.1) is 0 Å². The molecule has 4 heteroatoms. The van der Waals surface area contributed by atoms with Crippen molar-refractivity contribution < 1.29 is 0 Å². The van der Waals surface area contributed by atoms with Crippen molar-refractivity contribution in [2.24, 2.45) is 5.84 Å². The molecule has 4 nitrogen and oxygen atoms in total. The van der Waals surface area contributed by atoms with Gasteiger partial charge in [0.2, 0.25) is 0 Å². The molecule has 2 saturated heterocycles. The highest BCUT2D eigenvalue weighted by atomic mass is 15.5. The van der Waals surface area contributed by atoms with Crippen molar-refractivity contribution in [3.63, 3.8) is 0 Å². The van der Waals surface area contributed by atoms with Crippen LogP contribution in [0.2, 0.25) is 0 Å². The zero-order valence-electron chi connectivity index (χ0n) is 7.74. The molecule has 0 amide bonds. The molecule has 2 fully saturated rings. The molecule has 0 aromatic carbocycles. The number of likely N-dealkylation sites (N-methyl/N-ethyl adjacent to an activating group) is 1. The first-order chi connectivity index (χ1) is 5.75. The van der Waals surface area contributed by atoms with Gasteiger partial charge in [0.05, 0.1) is 0 Å². The molecular formula is C8H18N4. The highest BCUT2D eigenvalue weighted by molar-refractivity contribution is 4.87. The molecule has 2 aliphatic heterocycles. The first-order valence-electron chi connectivity index (χ1n) is 4.68. The van der Waals surface area contributed by atoms with E-state index >= 15 is 0 Å². The van der Waals surface area contributed by atoms with Crippen LogP contribution in [0.4, 0.5) is 0 Å². The van der Waals surface area contributed by atoms with E-state index in [0.29, 0.717) is 0 Å². The summed E-state index contributed by atoms with van der Waals surface area (Å²) in [5.41, 5.74) is 0. The Labute approximate surface area is 73.9 Å². The van der Waals surface area contributed by atoms with E-state index in [1.165, 1.54) is 26.2 Å². The third kappa shape index (κ3) is 1.61. The minimum Gasteiger partial charge on any atom is -0.304 e. The summed E-state index contributed by atoms with van der Waals surface area (Å²) < 4.78 is 0. The summed E-state index contributed by atoms with van der Waals surface area (Å²) in [6.07, 6.45) is 0. The number of piperazine rings is 1. The summed E-state index contributed by atoms with van der Waals surface area (Å²) in [5.74, 6) is 5.60. The Morgan fingerprint density at radius 1 is 1.08 bits per heavy atom. The van der Waals surface area contributed by atoms with Gasteiger partial charge in [0.15, 0.2) is 0 Å². The van der Waals surface area contributed by atoms with Gasteiger partial charge in [0.25, 0.3) is 0 Å². The van der Waals surface area contributed by atoms with Crippen molar-refractivity contribution in [3.05, 3.63) is 0 Å². The fourth-order valence-electron chi connectivity index (χ4n) is 1.91. The molecule has 2 heterocycles. The lowest BCUT2D eigenvalue weighted by Gasteiger charge is -2.45. The van der Waals surface area contributed by atoms with Crippen LogP contribution in [0.25, 0.3) is 0 Å². The summed E-state index contributed by atoms with van der Waals surface area (Å²) in [7, 11) is 2.19. The predicted octanol–water partition coefficient (Wildman–Crippen LogP) is -1.21. The molecule has 12 heavy (non-hydrogen) atoms. The van der Waals surface area contributed by atoms with Gasteiger partial charge in [-0.1, -0.05) is 0 Å². The molecule has 2 N–H and O–H groups in total. The van der Waals surface area contributed by atoms with Crippen molar-refractivity contribution in [2.75, 3.05) is 46.3 Å². The molecule has 0 unspecified atom stereocenters. The monoisotopic (exact) mass is 170 g/mol. The van der Waals surface area contributed by atoms with Crippen LogP contribution in [-0.4, -0.2) is 67.2 Å². The topological polar surface area (TPSA) is 35.7 Å². The Morgan fingerprint density at radius 3 is 2.17 bits per heavy atom. The first kappa shape index (κ1) is 8.44. The second-order valence-corrected chi connectivity index (χ2v) is 3.95. The van der Waals surface area contributed by atoms with E-state index in [0.717, 1.165) is 19.1 Å². The van der Waals surface area contributed by atoms with Gasteiger partial charge >= 0.3 is 0 Å². The van der Waals surface area contributed by atoms with Crippen molar-refractivity contribution in [3.8, 4) is 0 Å². The van der Waals surface area contributed by atoms with Gasteiger partial charge in [-0.05, 0) is 7.05 Å². The molecule has 70 valence electrons. The second-order valence-electron chi connectivity index (χ2n) is 3.95. The number of nitrogens with zero attached hydrogens (tertiary/aromatic N) is 3. The van der Waals surface area contributed by atoms with Gasteiger partial charge in [-0.25, -0.2) is 5.01 Å². The van der Waals surface area contributed by atoms with Gasteiger partial charge in [-0.2, -0.15) is 0 Å². The van der Waals surface area contributed by atoms with Gasteiger partial charge in [0, 0.05) is 45.3 Å². The molecule has 0 bridgehead atoms. The first-order valence-corrected chi connectivity index (χ1v) is 4.68. The summed E-state index contributed by atoms with van der Waals surface area (Å²) in [4.78, 5) is 4.94. The molecule has 0 aromatic rings. The Morgan fingerprint density at radius 2 is 1.67 bits per heavy atom. The number of hydrogen-bond donors (Lipinski definition) is 1. The summed E-state index contributed by atoms with van der Waals surface area (Å²) in [6, 6.07) is 0.740. The van der Waals surface area contributed by atoms with E-state index in [-0.39, 0.29) is 0 Å². The van der Waals surface area contributed by atoms with Crippen LogP contribution >= 0.6 is 0 Å². The Kier molecular flexibility index (Phi) is 2.32. The maximum Gasteiger partial charge on any atom is 0.0379 e. The molecule has 0 aromatic heterocycles. The van der Waals surface area contributed by atoms with E-state index in [2.05, 4.69) is 16.8 Å². The molecular weight excluding hydrogens is 152 g/mol. The van der Waals surface area contributed by atoms with Crippen LogP contribution in [0.3, 0.4) is 0 Å². The van der Waals surface area contributed by atoms with Crippen molar-refractivity contribution >= 4 is 0 Å². The molecule has 0 radical (unpaired) electrons. The number of rotatable bonds is 1. The van der Waals surface area contributed by atoms with Crippen LogP contribution in [0.5, 0.6) is 0 Å². The fraction of sp³-hybridized carbons (Fsp3) is 1.00. The highest BCUT2D eigenvalue weighted by Crippen LogP contribution is 2.12. The van der Waals surface area contributed by atoms with Crippen molar-refractivity contribution in [2.45, 2.75) is 6.04 Å². The van der Waals surface area contributed by atoms with Crippen LogP contribution in [0.15, 0.2) is 0 Å². The van der Waals surface area contributed by atoms with E-state index in [1.807, 2.05) is 5.01 Å². The van der Waals surface area contributed by atoms with Crippen LogP contribution in [-0.2, 0) is 0 Å².